The molecular formula is C13H19NO3. The molecule has 0 amide bonds. The van der Waals surface area contributed by atoms with Crippen LogP contribution in [0.25, 0.3) is 0 Å². The van der Waals surface area contributed by atoms with Crippen LogP contribution in [0.2, 0.25) is 0 Å². The second-order valence-electron chi connectivity index (χ2n) is 4.20. The molecule has 0 radical (unpaired) electrons. The molecule has 2 N–H and O–H groups in total. The van der Waals surface area contributed by atoms with Crippen molar-refractivity contribution in [3.63, 3.8) is 0 Å². The van der Waals surface area contributed by atoms with Crippen LogP contribution in [-0.4, -0.2) is 31.3 Å². The SMILES string of the molecule is COCC(C)CNCc1cccc(C(=O)O)c1. The zero-order valence-corrected chi connectivity index (χ0v) is 10.3. The molecule has 0 spiro atoms. The number of carboxylic acids is 1. The third-order valence-electron chi connectivity index (χ3n) is 2.45. The normalized spacial score (nSPS) is 12.4. The third kappa shape index (κ3) is 4.97. The summed E-state index contributed by atoms with van der Waals surface area (Å²) in [4.78, 5) is 10.8. The maximum Gasteiger partial charge on any atom is 0.335 e. The second kappa shape index (κ2) is 7.04. The first-order valence-electron chi connectivity index (χ1n) is 5.65. The highest BCUT2D eigenvalue weighted by Gasteiger charge is 2.04. The Morgan fingerprint density at radius 2 is 2.29 bits per heavy atom. The van der Waals surface area contributed by atoms with Crippen molar-refractivity contribution in [2.45, 2.75) is 13.5 Å². The van der Waals surface area contributed by atoms with Gasteiger partial charge in [0, 0.05) is 26.8 Å². The van der Waals surface area contributed by atoms with Gasteiger partial charge in [-0.1, -0.05) is 19.1 Å². The topological polar surface area (TPSA) is 58.6 Å². The van der Waals surface area contributed by atoms with E-state index in [1.54, 1.807) is 25.3 Å². The predicted molar refractivity (Wildman–Crippen MR) is 66.1 cm³/mol. The minimum atomic E-state index is -0.889. The van der Waals surface area contributed by atoms with Crippen molar-refractivity contribution in [1.82, 2.24) is 5.32 Å². The predicted octanol–water partition coefficient (Wildman–Crippen LogP) is 1.76. The van der Waals surface area contributed by atoms with Gasteiger partial charge in [0.2, 0.25) is 0 Å². The Hall–Kier alpha value is -1.39. The Balaban J connectivity index is 2.41. The van der Waals surface area contributed by atoms with E-state index >= 15 is 0 Å². The molecule has 1 unspecified atom stereocenters. The van der Waals surface area contributed by atoms with Crippen LogP contribution >= 0.6 is 0 Å². The van der Waals surface area contributed by atoms with Crippen molar-refractivity contribution in [3.05, 3.63) is 35.4 Å². The molecule has 0 aliphatic rings. The van der Waals surface area contributed by atoms with E-state index in [1.165, 1.54) is 0 Å². The molecule has 0 saturated heterocycles. The van der Waals surface area contributed by atoms with Crippen LogP contribution in [0.15, 0.2) is 24.3 Å². The second-order valence-corrected chi connectivity index (χ2v) is 4.20. The average Bonchev–Trinajstić information content (AvgIpc) is 2.30. The first-order chi connectivity index (χ1) is 8.13. The summed E-state index contributed by atoms with van der Waals surface area (Å²) in [5.74, 6) is -0.442. The van der Waals surface area contributed by atoms with E-state index in [0.29, 0.717) is 18.0 Å². The molecular weight excluding hydrogens is 218 g/mol. The lowest BCUT2D eigenvalue weighted by Gasteiger charge is -2.11. The highest BCUT2D eigenvalue weighted by molar-refractivity contribution is 5.87. The molecule has 0 fully saturated rings. The quantitative estimate of drug-likeness (QED) is 0.758. The van der Waals surface area contributed by atoms with Crippen LogP contribution < -0.4 is 5.32 Å². The number of carboxylic acid groups (broad SMARTS) is 1. The van der Waals surface area contributed by atoms with Crippen LogP contribution in [0, 0.1) is 5.92 Å². The minimum absolute atomic E-state index is 0.328. The lowest BCUT2D eigenvalue weighted by molar-refractivity contribution is 0.0696. The van der Waals surface area contributed by atoms with Crippen molar-refractivity contribution in [2.75, 3.05) is 20.3 Å². The number of nitrogens with one attached hydrogen (secondary N) is 1. The smallest absolute Gasteiger partial charge is 0.335 e. The number of aromatic carboxylic acids is 1. The lowest BCUT2D eigenvalue weighted by atomic mass is 10.1. The Kier molecular flexibility index (Phi) is 5.66. The molecule has 0 aliphatic heterocycles. The fourth-order valence-electron chi connectivity index (χ4n) is 1.62. The van der Waals surface area contributed by atoms with E-state index in [4.69, 9.17) is 9.84 Å². The molecule has 0 aliphatic carbocycles. The maximum absolute atomic E-state index is 10.8. The van der Waals surface area contributed by atoms with Crippen LogP contribution in [0.4, 0.5) is 0 Å². The maximum atomic E-state index is 10.8. The van der Waals surface area contributed by atoms with Gasteiger partial charge in [0.25, 0.3) is 0 Å². The zero-order valence-electron chi connectivity index (χ0n) is 10.3. The number of rotatable bonds is 7. The number of carbonyl (C=O) groups is 1. The Morgan fingerprint density at radius 3 is 2.94 bits per heavy atom. The van der Waals surface area contributed by atoms with Gasteiger partial charge in [0.1, 0.15) is 0 Å². The monoisotopic (exact) mass is 237 g/mol. The summed E-state index contributed by atoms with van der Waals surface area (Å²) < 4.78 is 5.04. The van der Waals surface area contributed by atoms with Crippen LogP contribution in [0.5, 0.6) is 0 Å². The number of hydrogen-bond acceptors (Lipinski definition) is 3. The van der Waals surface area contributed by atoms with Gasteiger partial charge in [-0.3, -0.25) is 0 Å². The van der Waals surface area contributed by atoms with Crippen molar-refractivity contribution in [2.24, 2.45) is 5.92 Å². The molecule has 1 rings (SSSR count). The largest absolute Gasteiger partial charge is 0.478 e. The molecule has 4 nitrogen and oxygen atoms in total. The lowest BCUT2D eigenvalue weighted by Crippen LogP contribution is -2.23. The summed E-state index contributed by atoms with van der Waals surface area (Å²) in [7, 11) is 1.69. The summed E-state index contributed by atoms with van der Waals surface area (Å²) >= 11 is 0. The van der Waals surface area contributed by atoms with Crippen molar-refractivity contribution < 1.29 is 14.6 Å². The first-order valence-corrected chi connectivity index (χ1v) is 5.65. The van der Waals surface area contributed by atoms with Gasteiger partial charge in [-0.25, -0.2) is 4.79 Å². The molecule has 1 aromatic rings. The van der Waals surface area contributed by atoms with E-state index in [0.717, 1.165) is 18.7 Å². The Bertz CT molecular complexity index is 365. The minimum Gasteiger partial charge on any atom is -0.478 e. The van der Waals surface area contributed by atoms with E-state index in [1.807, 2.05) is 6.07 Å². The highest BCUT2D eigenvalue weighted by Crippen LogP contribution is 2.05. The molecule has 0 bridgehead atoms. The molecule has 1 aromatic carbocycles. The van der Waals surface area contributed by atoms with Crippen LogP contribution in [0.3, 0.4) is 0 Å². The van der Waals surface area contributed by atoms with Crippen molar-refractivity contribution in [1.29, 1.82) is 0 Å². The van der Waals surface area contributed by atoms with Gasteiger partial charge in [0.15, 0.2) is 0 Å². The highest BCUT2D eigenvalue weighted by atomic mass is 16.5. The van der Waals surface area contributed by atoms with E-state index in [2.05, 4.69) is 12.2 Å². The summed E-state index contributed by atoms with van der Waals surface area (Å²) in [5, 5.41) is 12.1. The fraction of sp³-hybridized carbons (Fsp3) is 0.462. The standard InChI is InChI=1S/C13H19NO3/c1-10(9-17-2)7-14-8-11-4-3-5-12(6-11)13(15)16/h3-6,10,14H,7-9H2,1-2H3,(H,15,16). The van der Waals surface area contributed by atoms with Gasteiger partial charge in [-0.15, -0.1) is 0 Å². The number of hydrogen-bond donors (Lipinski definition) is 2. The van der Waals surface area contributed by atoms with Gasteiger partial charge >= 0.3 is 5.97 Å². The summed E-state index contributed by atoms with van der Waals surface area (Å²) in [6.07, 6.45) is 0. The zero-order chi connectivity index (χ0) is 12.7. The van der Waals surface area contributed by atoms with Crippen LogP contribution in [0.1, 0.15) is 22.8 Å². The third-order valence-corrected chi connectivity index (χ3v) is 2.45. The van der Waals surface area contributed by atoms with Crippen molar-refractivity contribution in [3.8, 4) is 0 Å². The van der Waals surface area contributed by atoms with Gasteiger partial charge in [0.05, 0.1) is 5.56 Å². The molecule has 0 aromatic heterocycles. The van der Waals surface area contributed by atoms with Gasteiger partial charge in [-0.05, 0) is 23.6 Å². The number of methoxy groups -OCH3 is 1. The molecule has 4 heteroatoms. The molecule has 0 saturated carbocycles. The first kappa shape index (κ1) is 13.7. The fourth-order valence-corrected chi connectivity index (χ4v) is 1.62. The molecule has 17 heavy (non-hydrogen) atoms. The number of ether oxygens (including phenoxy) is 1. The molecule has 0 heterocycles. The Morgan fingerprint density at radius 1 is 1.53 bits per heavy atom. The van der Waals surface area contributed by atoms with Crippen molar-refractivity contribution >= 4 is 5.97 Å². The Labute approximate surface area is 102 Å². The molecule has 1 atom stereocenters. The summed E-state index contributed by atoms with van der Waals surface area (Å²) in [6, 6.07) is 6.97. The van der Waals surface area contributed by atoms with Gasteiger partial charge in [-0.2, -0.15) is 0 Å². The van der Waals surface area contributed by atoms with E-state index in [9.17, 15) is 4.79 Å². The van der Waals surface area contributed by atoms with E-state index < -0.39 is 5.97 Å². The van der Waals surface area contributed by atoms with E-state index in [-0.39, 0.29) is 0 Å². The average molecular weight is 237 g/mol. The summed E-state index contributed by atoms with van der Waals surface area (Å²) in [5.41, 5.74) is 1.31. The van der Waals surface area contributed by atoms with Gasteiger partial charge < -0.3 is 15.2 Å². The molecule has 94 valence electrons. The van der Waals surface area contributed by atoms with Crippen LogP contribution in [-0.2, 0) is 11.3 Å². The summed E-state index contributed by atoms with van der Waals surface area (Å²) in [6.45, 7) is 4.35. The number of benzene rings is 1.